The number of aromatic nitrogens is 2. The molecule has 1 aliphatic rings. The fourth-order valence-electron chi connectivity index (χ4n) is 3.28. The smallest absolute Gasteiger partial charge is 0.227 e. The van der Waals surface area contributed by atoms with Crippen LogP contribution in [0.4, 0.5) is 5.69 Å². The highest BCUT2D eigenvalue weighted by Crippen LogP contribution is 2.34. The van der Waals surface area contributed by atoms with E-state index in [1.807, 2.05) is 30.3 Å². The number of nitrogens with one attached hydrogen (secondary N) is 1. The van der Waals surface area contributed by atoms with Gasteiger partial charge in [-0.1, -0.05) is 6.07 Å². The standard InChI is InChI=1S/C21H21N3OS/c1-13-3-5-17(11-14(13)2)23-20(25)16-4-6-18-19(12-16)26-21(24-18)15-7-9-22-10-8-15/h3,5,7-11,16H,4,6,12H2,1-2H3,(H,23,25). The van der Waals surface area contributed by atoms with Gasteiger partial charge in [-0.05, 0) is 68.5 Å². The number of rotatable bonds is 3. The third-order valence-corrected chi connectivity index (χ3v) is 6.18. The highest BCUT2D eigenvalue weighted by molar-refractivity contribution is 7.15. The van der Waals surface area contributed by atoms with Crippen molar-refractivity contribution >= 4 is 22.9 Å². The summed E-state index contributed by atoms with van der Waals surface area (Å²) in [5.74, 6) is 0.118. The summed E-state index contributed by atoms with van der Waals surface area (Å²) in [5.41, 5.74) is 5.55. The monoisotopic (exact) mass is 363 g/mol. The van der Waals surface area contributed by atoms with E-state index in [2.05, 4.69) is 24.1 Å². The molecule has 2 heterocycles. The Bertz CT molecular complexity index is 949. The molecular formula is C21H21N3OS. The zero-order valence-electron chi connectivity index (χ0n) is 15.0. The molecule has 0 saturated carbocycles. The first-order valence-electron chi connectivity index (χ1n) is 8.87. The number of amides is 1. The van der Waals surface area contributed by atoms with Crippen molar-refractivity contribution in [3.05, 3.63) is 64.4 Å². The van der Waals surface area contributed by atoms with Crippen LogP contribution >= 0.6 is 11.3 Å². The number of anilines is 1. The molecule has 0 fully saturated rings. The highest BCUT2D eigenvalue weighted by Gasteiger charge is 2.27. The van der Waals surface area contributed by atoms with Gasteiger partial charge in [0, 0.05) is 34.4 Å². The van der Waals surface area contributed by atoms with Crippen LogP contribution in [0, 0.1) is 19.8 Å². The lowest BCUT2D eigenvalue weighted by Gasteiger charge is -2.20. The van der Waals surface area contributed by atoms with Gasteiger partial charge in [-0.3, -0.25) is 9.78 Å². The summed E-state index contributed by atoms with van der Waals surface area (Å²) in [6.07, 6.45) is 6.06. The number of aryl methyl sites for hydroxylation is 3. The number of hydrogen-bond acceptors (Lipinski definition) is 4. The SMILES string of the molecule is Cc1ccc(NC(=O)C2CCc3nc(-c4ccncc4)sc3C2)cc1C. The van der Waals surface area contributed by atoms with Gasteiger partial charge in [0.15, 0.2) is 0 Å². The van der Waals surface area contributed by atoms with E-state index in [4.69, 9.17) is 4.98 Å². The quantitative estimate of drug-likeness (QED) is 0.742. The van der Waals surface area contributed by atoms with Crippen molar-refractivity contribution in [2.75, 3.05) is 5.32 Å². The molecule has 1 aliphatic carbocycles. The Balaban J connectivity index is 1.48. The molecular weight excluding hydrogens is 342 g/mol. The van der Waals surface area contributed by atoms with Crippen molar-refractivity contribution in [1.29, 1.82) is 0 Å². The Morgan fingerprint density at radius 3 is 2.73 bits per heavy atom. The minimum absolute atomic E-state index is 0.00912. The molecule has 1 N–H and O–H groups in total. The van der Waals surface area contributed by atoms with Crippen LogP contribution in [0.2, 0.25) is 0 Å². The van der Waals surface area contributed by atoms with Crippen LogP contribution in [-0.4, -0.2) is 15.9 Å². The summed E-state index contributed by atoms with van der Waals surface area (Å²) < 4.78 is 0. The maximum Gasteiger partial charge on any atom is 0.227 e. The molecule has 5 heteroatoms. The molecule has 132 valence electrons. The minimum Gasteiger partial charge on any atom is -0.326 e. The number of hydrogen-bond donors (Lipinski definition) is 1. The maximum atomic E-state index is 12.7. The average molecular weight is 363 g/mol. The summed E-state index contributed by atoms with van der Waals surface area (Å²) in [6, 6.07) is 10.0. The fraction of sp³-hybridized carbons (Fsp3) is 0.286. The lowest BCUT2D eigenvalue weighted by molar-refractivity contribution is -0.120. The van der Waals surface area contributed by atoms with Crippen LogP contribution in [0.1, 0.15) is 28.1 Å². The highest BCUT2D eigenvalue weighted by atomic mass is 32.1. The van der Waals surface area contributed by atoms with E-state index in [0.717, 1.165) is 41.2 Å². The lowest BCUT2D eigenvalue weighted by atomic mass is 9.90. The number of fused-ring (bicyclic) bond motifs is 1. The second-order valence-corrected chi connectivity index (χ2v) is 7.94. The summed E-state index contributed by atoms with van der Waals surface area (Å²) in [6.45, 7) is 4.14. The van der Waals surface area contributed by atoms with Crippen LogP contribution in [0.25, 0.3) is 10.6 Å². The zero-order valence-corrected chi connectivity index (χ0v) is 15.8. The van der Waals surface area contributed by atoms with Gasteiger partial charge in [-0.25, -0.2) is 4.98 Å². The van der Waals surface area contributed by atoms with Gasteiger partial charge in [-0.15, -0.1) is 11.3 Å². The molecule has 4 nitrogen and oxygen atoms in total. The van der Waals surface area contributed by atoms with E-state index in [0.29, 0.717) is 0 Å². The van der Waals surface area contributed by atoms with E-state index in [9.17, 15) is 4.79 Å². The first-order chi connectivity index (χ1) is 12.6. The van der Waals surface area contributed by atoms with Crippen LogP contribution in [-0.2, 0) is 17.6 Å². The van der Waals surface area contributed by atoms with E-state index < -0.39 is 0 Å². The number of benzene rings is 1. The zero-order chi connectivity index (χ0) is 18.1. The summed E-state index contributed by atoms with van der Waals surface area (Å²) in [4.78, 5) is 22.8. The second-order valence-electron chi connectivity index (χ2n) is 6.85. The number of nitrogens with zero attached hydrogens (tertiary/aromatic N) is 2. The van der Waals surface area contributed by atoms with Crippen molar-refractivity contribution in [1.82, 2.24) is 9.97 Å². The molecule has 0 saturated heterocycles. The molecule has 1 aromatic carbocycles. The topological polar surface area (TPSA) is 54.9 Å². The van der Waals surface area contributed by atoms with Crippen LogP contribution in [0.15, 0.2) is 42.7 Å². The second kappa shape index (κ2) is 7.00. The largest absolute Gasteiger partial charge is 0.326 e. The molecule has 0 bridgehead atoms. The van der Waals surface area contributed by atoms with E-state index in [-0.39, 0.29) is 11.8 Å². The molecule has 0 radical (unpaired) electrons. The predicted molar refractivity (Wildman–Crippen MR) is 105 cm³/mol. The molecule has 26 heavy (non-hydrogen) atoms. The number of pyridine rings is 1. The Labute approximate surface area is 157 Å². The van der Waals surface area contributed by atoms with Gasteiger partial charge >= 0.3 is 0 Å². The van der Waals surface area contributed by atoms with E-state index in [1.165, 1.54) is 16.0 Å². The lowest BCUT2D eigenvalue weighted by Crippen LogP contribution is -2.27. The van der Waals surface area contributed by atoms with E-state index in [1.54, 1.807) is 23.7 Å². The van der Waals surface area contributed by atoms with Crippen LogP contribution in [0.5, 0.6) is 0 Å². The summed E-state index contributed by atoms with van der Waals surface area (Å²) >= 11 is 1.70. The number of carbonyl (C=O) groups is 1. The minimum atomic E-state index is 0.00912. The molecule has 4 rings (SSSR count). The molecule has 2 aromatic heterocycles. The molecule has 1 amide bonds. The molecule has 3 aromatic rings. The Morgan fingerprint density at radius 1 is 1.15 bits per heavy atom. The van der Waals surface area contributed by atoms with Crippen molar-refractivity contribution in [3.8, 4) is 10.6 Å². The first kappa shape index (κ1) is 16.9. The van der Waals surface area contributed by atoms with Crippen molar-refractivity contribution in [2.24, 2.45) is 5.92 Å². The number of carbonyl (C=O) groups excluding carboxylic acids is 1. The normalized spacial score (nSPS) is 16.2. The Morgan fingerprint density at radius 2 is 1.96 bits per heavy atom. The molecule has 1 unspecified atom stereocenters. The third kappa shape index (κ3) is 3.40. The number of thiazole rings is 1. The fourth-order valence-corrected chi connectivity index (χ4v) is 4.47. The molecule has 1 atom stereocenters. The predicted octanol–water partition coefficient (Wildman–Crippen LogP) is 4.57. The van der Waals surface area contributed by atoms with Crippen molar-refractivity contribution in [2.45, 2.75) is 33.1 Å². The third-order valence-electron chi connectivity index (χ3n) is 5.01. The summed E-state index contributed by atoms with van der Waals surface area (Å²) in [5, 5.41) is 4.11. The first-order valence-corrected chi connectivity index (χ1v) is 9.69. The van der Waals surface area contributed by atoms with Gasteiger partial charge in [0.05, 0.1) is 5.69 Å². The van der Waals surface area contributed by atoms with Gasteiger partial charge < -0.3 is 5.32 Å². The Hall–Kier alpha value is -2.53. The van der Waals surface area contributed by atoms with Crippen LogP contribution in [0.3, 0.4) is 0 Å². The van der Waals surface area contributed by atoms with Crippen molar-refractivity contribution in [3.63, 3.8) is 0 Å². The molecule has 0 spiro atoms. The van der Waals surface area contributed by atoms with Gasteiger partial charge in [0.25, 0.3) is 0 Å². The average Bonchev–Trinajstić information content (AvgIpc) is 3.09. The van der Waals surface area contributed by atoms with Gasteiger partial charge in [0.1, 0.15) is 5.01 Å². The van der Waals surface area contributed by atoms with Gasteiger partial charge in [-0.2, -0.15) is 0 Å². The Kier molecular flexibility index (Phi) is 4.55. The van der Waals surface area contributed by atoms with E-state index >= 15 is 0 Å². The summed E-state index contributed by atoms with van der Waals surface area (Å²) in [7, 11) is 0. The van der Waals surface area contributed by atoms with Crippen LogP contribution < -0.4 is 5.32 Å². The maximum absolute atomic E-state index is 12.7. The van der Waals surface area contributed by atoms with Gasteiger partial charge in [0.2, 0.25) is 5.91 Å². The van der Waals surface area contributed by atoms with Crippen molar-refractivity contribution < 1.29 is 4.79 Å². The molecule has 0 aliphatic heterocycles.